The predicted molar refractivity (Wildman–Crippen MR) is 142 cm³/mol. The fraction of sp³-hybridized carbons (Fsp3) is 0.143. The summed E-state index contributed by atoms with van der Waals surface area (Å²) < 4.78 is 38.7. The Morgan fingerprint density at radius 2 is 1.47 bits per heavy atom. The lowest BCUT2D eigenvalue weighted by atomic mass is 10.1. The third-order valence-electron chi connectivity index (χ3n) is 5.51. The van der Waals surface area contributed by atoms with Crippen LogP contribution in [0.1, 0.15) is 6.92 Å². The molecule has 0 saturated carbocycles. The van der Waals surface area contributed by atoms with Gasteiger partial charge in [0, 0.05) is 5.69 Å². The first kappa shape index (κ1) is 26.8. The number of rotatable bonds is 10. The molecule has 4 aromatic carbocycles. The van der Waals surface area contributed by atoms with E-state index in [-0.39, 0.29) is 4.90 Å². The lowest BCUT2D eigenvalue weighted by Gasteiger charge is -2.20. The number of para-hydroxylation sites is 1. The normalized spacial score (nSPS) is 12.9. The number of aliphatic hydroxyl groups is 1. The Hall–Kier alpha value is -4.25. The van der Waals surface area contributed by atoms with Gasteiger partial charge in [0.05, 0.1) is 11.0 Å². The lowest BCUT2D eigenvalue weighted by molar-refractivity contribution is -0.151. The van der Waals surface area contributed by atoms with E-state index in [1.54, 1.807) is 42.5 Å². The molecule has 0 aromatic heterocycles. The quantitative estimate of drug-likeness (QED) is 0.264. The van der Waals surface area contributed by atoms with Crippen LogP contribution in [0.5, 0.6) is 11.5 Å². The highest BCUT2D eigenvalue weighted by Gasteiger charge is 2.31. The molecule has 0 bridgehead atoms. The Morgan fingerprint density at radius 3 is 2.16 bits per heavy atom. The molecule has 4 rings (SSSR count). The van der Waals surface area contributed by atoms with Crippen LogP contribution < -0.4 is 14.8 Å². The minimum absolute atomic E-state index is 0.0768. The van der Waals surface area contributed by atoms with Crippen LogP contribution in [0.4, 0.5) is 5.69 Å². The minimum Gasteiger partial charge on any atom is -0.457 e. The number of nitrogens with one attached hydrogen (secondary N) is 2. The predicted octanol–water partition coefficient (Wildman–Crippen LogP) is 3.84. The van der Waals surface area contributed by atoms with Crippen molar-refractivity contribution in [1.29, 1.82) is 0 Å². The maximum Gasteiger partial charge on any atom is 0.327 e. The van der Waals surface area contributed by atoms with Crippen LogP contribution in [0.25, 0.3) is 10.8 Å². The van der Waals surface area contributed by atoms with Crippen LogP contribution in [0.3, 0.4) is 0 Å². The molecule has 4 aromatic rings. The highest BCUT2D eigenvalue weighted by Crippen LogP contribution is 2.23. The second kappa shape index (κ2) is 11.9. The zero-order valence-corrected chi connectivity index (χ0v) is 21.2. The summed E-state index contributed by atoms with van der Waals surface area (Å²) in [6, 6.07) is 25.9. The highest BCUT2D eigenvalue weighted by atomic mass is 32.2. The van der Waals surface area contributed by atoms with Crippen LogP contribution in [-0.4, -0.2) is 44.2 Å². The minimum atomic E-state index is -4.18. The van der Waals surface area contributed by atoms with E-state index in [0.717, 1.165) is 5.39 Å². The van der Waals surface area contributed by atoms with Gasteiger partial charge in [0.2, 0.25) is 10.0 Å². The largest absolute Gasteiger partial charge is 0.457 e. The SMILES string of the molecule is C[C@@H](O)[C@H](NS(=O)(=O)c1ccc2ccccc2c1)C(=O)OCC(=O)Nc1ccc(Oc2ccccc2)cc1. The van der Waals surface area contributed by atoms with Crippen molar-refractivity contribution in [3.8, 4) is 11.5 Å². The lowest BCUT2D eigenvalue weighted by Crippen LogP contribution is -2.48. The number of carbonyl (C=O) groups excluding carboxylic acids is 2. The van der Waals surface area contributed by atoms with Crippen molar-refractivity contribution in [3.63, 3.8) is 0 Å². The highest BCUT2D eigenvalue weighted by molar-refractivity contribution is 7.89. The van der Waals surface area contributed by atoms with Crippen LogP contribution in [0.2, 0.25) is 0 Å². The maximum absolute atomic E-state index is 12.9. The summed E-state index contributed by atoms with van der Waals surface area (Å²) in [7, 11) is -4.18. The number of amides is 1. The van der Waals surface area contributed by atoms with E-state index in [2.05, 4.69) is 10.0 Å². The van der Waals surface area contributed by atoms with Crippen LogP contribution in [-0.2, 0) is 24.3 Å². The summed E-state index contributed by atoms with van der Waals surface area (Å²) in [5, 5.41) is 14.2. The molecule has 0 fully saturated rings. The first-order valence-corrected chi connectivity index (χ1v) is 13.2. The molecule has 2 atom stereocenters. The molecule has 38 heavy (non-hydrogen) atoms. The van der Waals surface area contributed by atoms with Gasteiger partial charge in [-0.3, -0.25) is 9.59 Å². The number of fused-ring (bicyclic) bond motifs is 1. The molecule has 0 aliphatic carbocycles. The molecule has 3 N–H and O–H groups in total. The van der Waals surface area contributed by atoms with Gasteiger partial charge in [-0.1, -0.05) is 48.5 Å². The molecule has 0 unspecified atom stereocenters. The molecular weight excluding hydrogens is 508 g/mol. The Labute approximate surface area is 220 Å². The number of benzene rings is 4. The van der Waals surface area contributed by atoms with Gasteiger partial charge in [-0.15, -0.1) is 0 Å². The molecule has 0 aliphatic heterocycles. The Balaban J connectivity index is 1.33. The van der Waals surface area contributed by atoms with Crippen molar-refractivity contribution in [2.45, 2.75) is 24.0 Å². The van der Waals surface area contributed by atoms with Gasteiger partial charge in [0.25, 0.3) is 5.91 Å². The summed E-state index contributed by atoms with van der Waals surface area (Å²) in [5.41, 5.74) is 0.440. The van der Waals surface area contributed by atoms with E-state index in [4.69, 9.17) is 9.47 Å². The van der Waals surface area contributed by atoms with Gasteiger partial charge < -0.3 is 19.9 Å². The number of sulfonamides is 1. The fourth-order valence-electron chi connectivity index (χ4n) is 3.57. The van der Waals surface area contributed by atoms with Gasteiger partial charge in [-0.05, 0) is 66.2 Å². The van der Waals surface area contributed by atoms with Crippen molar-refractivity contribution >= 4 is 38.4 Å². The van der Waals surface area contributed by atoms with Crippen molar-refractivity contribution in [3.05, 3.63) is 97.1 Å². The van der Waals surface area contributed by atoms with Gasteiger partial charge in [-0.25, -0.2) is 8.42 Å². The first-order valence-electron chi connectivity index (χ1n) is 11.7. The monoisotopic (exact) mass is 534 g/mol. The van der Waals surface area contributed by atoms with Gasteiger partial charge in [-0.2, -0.15) is 4.72 Å². The van der Waals surface area contributed by atoms with E-state index in [9.17, 15) is 23.1 Å². The van der Waals surface area contributed by atoms with Gasteiger partial charge in [0.1, 0.15) is 17.5 Å². The van der Waals surface area contributed by atoms with Crippen LogP contribution in [0, 0.1) is 0 Å². The molecule has 10 heteroatoms. The van der Waals surface area contributed by atoms with Crippen LogP contribution in [0.15, 0.2) is 102 Å². The summed E-state index contributed by atoms with van der Waals surface area (Å²) in [6.07, 6.45) is -1.42. The van der Waals surface area contributed by atoms with Crippen molar-refractivity contribution < 1.29 is 32.6 Å². The number of carbonyl (C=O) groups is 2. The molecule has 0 radical (unpaired) electrons. The number of esters is 1. The average Bonchev–Trinajstić information content (AvgIpc) is 2.91. The fourth-order valence-corrected chi connectivity index (χ4v) is 4.86. The third kappa shape index (κ3) is 6.94. The number of hydrogen-bond donors (Lipinski definition) is 3. The first-order chi connectivity index (χ1) is 18.2. The summed E-state index contributed by atoms with van der Waals surface area (Å²) in [6.45, 7) is 0.565. The molecule has 1 amide bonds. The Bertz CT molecular complexity index is 1520. The van der Waals surface area contributed by atoms with Crippen molar-refractivity contribution in [2.75, 3.05) is 11.9 Å². The third-order valence-corrected chi connectivity index (χ3v) is 6.95. The van der Waals surface area contributed by atoms with Crippen molar-refractivity contribution in [2.24, 2.45) is 0 Å². The summed E-state index contributed by atoms with van der Waals surface area (Å²) in [5.74, 6) is -0.498. The maximum atomic E-state index is 12.9. The van der Waals surface area contributed by atoms with E-state index >= 15 is 0 Å². The number of aliphatic hydroxyl groups excluding tert-OH is 1. The zero-order chi connectivity index (χ0) is 27.1. The molecule has 0 heterocycles. The van der Waals surface area contributed by atoms with Crippen LogP contribution >= 0.6 is 0 Å². The van der Waals surface area contributed by atoms with Gasteiger partial charge in [0.15, 0.2) is 6.61 Å². The summed E-state index contributed by atoms with van der Waals surface area (Å²) in [4.78, 5) is 24.8. The van der Waals surface area contributed by atoms with E-state index in [1.807, 2.05) is 42.5 Å². The molecule has 9 nitrogen and oxygen atoms in total. The second-order valence-electron chi connectivity index (χ2n) is 8.44. The molecule has 196 valence electrons. The van der Waals surface area contributed by atoms with Gasteiger partial charge >= 0.3 is 5.97 Å². The standard InChI is InChI=1S/C28H26N2O7S/c1-19(31)27(30-38(34,35)25-16-11-20-7-5-6-8-21(20)17-25)28(33)36-18-26(32)29-22-12-14-24(15-13-22)37-23-9-3-2-4-10-23/h2-17,19,27,30-31H,18H2,1H3,(H,29,32)/t19-,27+/m1/s1. The Kier molecular flexibility index (Phi) is 8.37. The van der Waals surface area contributed by atoms with E-state index in [1.165, 1.54) is 19.1 Å². The number of anilines is 1. The topological polar surface area (TPSA) is 131 Å². The average molecular weight is 535 g/mol. The smallest absolute Gasteiger partial charge is 0.327 e. The summed E-state index contributed by atoms with van der Waals surface area (Å²) >= 11 is 0. The molecular formula is C28H26N2O7S. The Morgan fingerprint density at radius 1 is 0.842 bits per heavy atom. The zero-order valence-electron chi connectivity index (χ0n) is 20.4. The molecule has 0 spiro atoms. The second-order valence-corrected chi connectivity index (χ2v) is 10.2. The number of hydrogen-bond acceptors (Lipinski definition) is 7. The number of ether oxygens (including phenoxy) is 2. The molecule has 0 aliphatic rings. The van der Waals surface area contributed by atoms with E-state index < -0.39 is 40.7 Å². The van der Waals surface area contributed by atoms with E-state index in [0.29, 0.717) is 22.6 Å². The molecule has 0 saturated heterocycles. The van der Waals surface area contributed by atoms with Crippen molar-refractivity contribution in [1.82, 2.24) is 4.72 Å².